The molecule has 0 rings (SSSR count). The van der Waals surface area contributed by atoms with Gasteiger partial charge in [0.2, 0.25) is 5.91 Å². The molecule has 6 heteroatoms. The fraction of sp³-hybridized carbons (Fsp3) is 0.500. The van der Waals surface area contributed by atoms with Crippen molar-refractivity contribution in [3.05, 3.63) is 11.8 Å². The van der Waals surface area contributed by atoms with Crippen LogP contribution in [-0.2, 0) is 9.59 Å². The summed E-state index contributed by atoms with van der Waals surface area (Å²) < 4.78 is 0. The Kier molecular flexibility index (Phi) is 6.78. The minimum atomic E-state index is -1.08. The molecule has 0 aliphatic carbocycles. The molecule has 0 saturated carbocycles. The Morgan fingerprint density at radius 2 is 2.25 bits per heavy atom. The van der Waals surface area contributed by atoms with Crippen molar-refractivity contribution in [2.45, 2.75) is 25.8 Å². The molecule has 6 nitrogen and oxygen atoms in total. The molecule has 1 amide bonds. The van der Waals surface area contributed by atoms with Crippen LogP contribution < -0.4 is 11.1 Å². The summed E-state index contributed by atoms with van der Waals surface area (Å²) in [6, 6.07) is -0.947. The van der Waals surface area contributed by atoms with Crippen LogP contribution in [0.25, 0.3) is 0 Å². The van der Waals surface area contributed by atoms with E-state index in [0.29, 0.717) is 0 Å². The average molecular weight is 227 g/mol. The third kappa shape index (κ3) is 5.92. The highest BCUT2D eigenvalue weighted by Gasteiger charge is 2.19. The van der Waals surface area contributed by atoms with E-state index >= 15 is 0 Å². The molecule has 0 aliphatic heterocycles. The minimum Gasteiger partial charge on any atom is -0.480 e. The van der Waals surface area contributed by atoms with E-state index < -0.39 is 12.0 Å². The first-order valence-corrected chi connectivity index (χ1v) is 4.85. The van der Waals surface area contributed by atoms with E-state index in [2.05, 4.69) is 17.0 Å². The number of carboxylic acid groups (broad SMARTS) is 1. The molecular formula is C10H17N3O3. The summed E-state index contributed by atoms with van der Waals surface area (Å²) in [5.74, 6) is -1.45. The van der Waals surface area contributed by atoms with Crippen LogP contribution >= 0.6 is 0 Å². The molecule has 0 aliphatic rings. The first-order chi connectivity index (χ1) is 7.51. The number of nitrogens with two attached hydrogens (primary N) is 1. The van der Waals surface area contributed by atoms with Crippen molar-refractivity contribution in [3.63, 3.8) is 0 Å². The van der Waals surface area contributed by atoms with Gasteiger partial charge >= 0.3 is 5.97 Å². The van der Waals surface area contributed by atoms with Crippen molar-refractivity contribution >= 4 is 18.6 Å². The summed E-state index contributed by atoms with van der Waals surface area (Å²) in [7, 11) is 0. The molecule has 0 spiro atoms. The Labute approximate surface area is 94.2 Å². The van der Waals surface area contributed by atoms with Crippen molar-refractivity contribution in [3.8, 4) is 0 Å². The summed E-state index contributed by atoms with van der Waals surface area (Å²) in [5, 5.41) is 11.3. The molecule has 0 saturated heterocycles. The van der Waals surface area contributed by atoms with Gasteiger partial charge in [0.1, 0.15) is 6.04 Å². The Balaban J connectivity index is 4.39. The second-order valence-electron chi connectivity index (χ2n) is 3.36. The lowest BCUT2D eigenvalue weighted by atomic mass is 10.1. The Bertz CT molecular complexity index is 300. The van der Waals surface area contributed by atoms with Crippen molar-refractivity contribution in [2.75, 3.05) is 6.54 Å². The molecule has 0 aromatic heterocycles. The Morgan fingerprint density at radius 3 is 2.69 bits per heavy atom. The van der Waals surface area contributed by atoms with Crippen molar-refractivity contribution in [2.24, 2.45) is 10.7 Å². The van der Waals surface area contributed by atoms with Gasteiger partial charge in [0, 0.05) is 25.6 Å². The van der Waals surface area contributed by atoms with Gasteiger partial charge < -0.3 is 16.2 Å². The lowest BCUT2D eigenvalue weighted by Gasteiger charge is -2.14. The maximum atomic E-state index is 11.2. The van der Waals surface area contributed by atoms with E-state index in [1.807, 2.05) is 0 Å². The second kappa shape index (κ2) is 7.58. The van der Waals surface area contributed by atoms with Crippen LogP contribution in [0.3, 0.4) is 0 Å². The van der Waals surface area contributed by atoms with Crippen LogP contribution in [0.1, 0.15) is 19.8 Å². The van der Waals surface area contributed by atoms with Gasteiger partial charge in [-0.3, -0.25) is 9.79 Å². The standard InChI is InChI=1S/C10H17N3O3/c1-7(6-12-2)5-8(10(15)16)13-9(14)3-4-11/h6,8H,2-5,11H2,1H3,(H,13,14)(H,15,16)/b7-6+/t8-/m0/s1. The highest BCUT2D eigenvalue weighted by molar-refractivity contribution is 5.83. The second-order valence-corrected chi connectivity index (χ2v) is 3.36. The summed E-state index contributed by atoms with van der Waals surface area (Å²) in [6.45, 7) is 5.18. The fourth-order valence-electron chi connectivity index (χ4n) is 1.13. The third-order valence-corrected chi connectivity index (χ3v) is 1.84. The molecule has 0 aromatic carbocycles. The number of nitrogens with zero attached hydrogens (tertiary/aromatic N) is 1. The zero-order valence-corrected chi connectivity index (χ0v) is 9.27. The molecule has 0 aromatic rings. The Morgan fingerprint density at radius 1 is 1.62 bits per heavy atom. The predicted octanol–water partition coefficient (Wildman–Crippen LogP) is -0.101. The van der Waals surface area contributed by atoms with Crippen LogP contribution in [0.5, 0.6) is 0 Å². The van der Waals surface area contributed by atoms with Gasteiger partial charge in [0.25, 0.3) is 0 Å². The molecule has 16 heavy (non-hydrogen) atoms. The fourth-order valence-corrected chi connectivity index (χ4v) is 1.13. The summed E-state index contributed by atoms with van der Waals surface area (Å²) in [4.78, 5) is 25.6. The smallest absolute Gasteiger partial charge is 0.326 e. The maximum Gasteiger partial charge on any atom is 0.326 e. The first-order valence-electron chi connectivity index (χ1n) is 4.85. The summed E-state index contributed by atoms with van der Waals surface area (Å²) in [5.41, 5.74) is 5.92. The molecule has 0 radical (unpaired) electrons. The number of nitrogens with one attached hydrogen (secondary N) is 1. The molecule has 90 valence electrons. The monoisotopic (exact) mass is 227 g/mol. The van der Waals surface area contributed by atoms with E-state index in [9.17, 15) is 9.59 Å². The van der Waals surface area contributed by atoms with Gasteiger partial charge in [0.15, 0.2) is 0 Å². The third-order valence-electron chi connectivity index (χ3n) is 1.84. The zero-order valence-electron chi connectivity index (χ0n) is 9.27. The zero-order chi connectivity index (χ0) is 12.6. The van der Waals surface area contributed by atoms with E-state index in [1.54, 1.807) is 6.92 Å². The molecule has 0 bridgehead atoms. The number of aliphatic carboxylic acids is 1. The molecular weight excluding hydrogens is 210 g/mol. The number of hydrogen-bond acceptors (Lipinski definition) is 4. The quantitative estimate of drug-likeness (QED) is 0.528. The maximum absolute atomic E-state index is 11.2. The minimum absolute atomic E-state index is 0.117. The number of hydrogen-bond donors (Lipinski definition) is 3. The van der Waals surface area contributed by atoms with Gasteiger partial charge in [-0.25, -0.2) is 4.79 Å². The molecule has 0 heterocycles. The van der Waals surface area contributed by atoms with Gasteiger partial charge in [-0.05, 0) is 13.6 Å². The highest BCUT2D eigenvalue weighted by atomic mass is 16.4. The highest BCUT2D eigenvalue weighted by Crippen LogP contribution is 2.05. The number of rotatable bonds is 7. The first kappa shape index (κ1) is 14.3. The summed E-state index contributed by atoms with van der Waals surface area (Å²) in [6.07, 6.45) is 1.78. The van der Waals surface area contributed by atoms with Crippen LogP contribution in [0.15, 0.2) is 16.8 Å². The normalized spacial score (nSPS) is 13.0. The topological polar surface area (TPSA) is 105 Å². The van der Waals surface area contributed by atoms with Gasteiger partial charge in [-0.15, -0.1) is 0 Å². The van der Waals surface area contributed by atoms with E-state index in [1.165, 1.54) is 6.20 Å². The van der Waals surface area contributed by atoms with Crippen LogP contribution in [0, 0.1) is 0 Å². The molecule has 1 atom stereocenters. The number of carboxylic acids is 1. The Hall–Kier alpha value is -1.69. The van der Waals surface area contributed by atoms with Crippen molar-refractivity contribution < 1.29 is 14.7 Å². The van der Waals surface area contributed by atoms with Crippen LogP contribution in [0.2, 0.25) is 0 Å². The van der Waals surface area contributed by atoms with E-state index in [-0.39, 0.29) is 25.3 Å². The van der Waals surface area contributed by atoms with Gasteiger partial charge in [0.05, 0.1) is 0 Å². The van der Waals surface area contributed by atoms with Crippen molar-refractivity contribution in [1.82, 2.24) is 5.32 Å². The predicted molar refractivity (Wildman–Crippen MR) is 61.2 cm³/mol. The number of amides is 1. The van der Waals surface area contributed by atoms with E-state index in [4.69, 9.17) is 10.8 Å². The van der Waals surface area contributed by atoms with Crippen LogP contribution in [-0.4, -0.2) is 36.3 Å². The molecule has 4 N–H and O–H groups in total. The SMILES string of the molecule is C=N/C=C(\C)C[C@H](NC(=O)CCN)C(=O)O. The number of carbonyl (C=O) groups excluding carboxylic acids is 1. The molecule has 0 unspecified atom stereocenters. The van der Waals surface area contributed by atoms with Crippen molar-refractivity contribution in [1.29, 1.82) is 0 Å². The molecule has 0 fully saturated rings. The van der Waals surface area contributed by atoms with Crippen LogP contribution in [0.4, 0.5) is 0 Å². The van der Waals surface area contributed by atoms with Gasteiger partial charge in [-0.1, -0.05) is 5.57 Å². The lowest BCUT2D eigenvalue weighted by molar-refractivity contribution is -0.141. The lowest BCUT2D eigenvalue weighted by Crippen LogP contribution is -2.41. The van der Waals surface area contributed by atoms with E-state index in [0.717, 1.165) is 5.57 Å². The van der Waals surface area contributed by atoms with Gasteiger partial charge in [-0.2, -0.15) is 0 Å². The average Bonchev–Trinajstić information content (AvgIpc) is 2.17. The number of aliphatic imine (C=N–C) groups is 1. The summed E-state index contributed by atoms with van der Waals surface area (Å²) >= 11 is 0. The number of carbonyl (C=O) groups is 2. The largest absolute Gasteiger partial charge is 0.480 e.